The van der Waals surface area contributed by atoms with Crippen LogP contribution in [0.5, 0.6) is 0 Å². The van der Waals surface area contributed by atoms with Crippen LogP contribution in [0.25, 0.3) is 0 Å². The van der Waals surface area contributed by atoms with Crippen molar-refractivity contribution in [3.63, 3.8) is 0 Å². The van der Waals surface area contributed by atoms with Gasteiger partial charge in [0.1, 0.15) is 5.69 Å². The first-order valence-corrected chi connectivity index (χ1v) is 5.78. The molecule has 0 bridgehead atoms. The fourth-order valence-electron chi connectivity index (χ4n) is 1.28. The Morgan fingerprint density at radius 3 is 2.44 bits per heavy atom. The summed E-state index contributed by atoms with van der Waals surface area (Å²) in [6.07, 6.45) is -3.42. The van der Waals surface area contributed by atoms with Crippen molar-refractivity contribution >= 4 is 11.4 Å². The maximum Gasteiger partial charge on any atom is 0.433 e. The van der Waals surface area contributed by atoms with E-state index in [1.54, 1.807) is 0 Å². The van der Waals surface area contributed by atoms with Crippen molar-refractivity contribution in [3.05, 3.63) is 18.0 Å². The van der Waals surface area contributed by atoms with Gasteiger partial charge in [-0.2, -0.15) is 13.2 Å². The number of hydrogen-bond donors (Lipinski definition) is 2. The van der Waals surface area contributed by atoms with Crippen molar-refractivity contribution < 1.29 is 13.2 Å². The van der Waals surface area contributed by atoms with Gasteiger partial charge in [0.2, 0.25) is 0 Å². The van der Waals surface area contributed by atoms with Crippen LogP contribution in [0, 0.1) is 11.8 Å². The molecule has 0 spiro atoms. The molecule has 0 saturated heterocycles. The van der Waals surface area contributed by atoms with E-state index in [1.165, 1.54) is 0 Å². The molecule has 0 aliphatic rings. The molecule has 1 heterocycles. The molecule has 0 amide bonds. The minimum absolute atomic E-state index is 0.221. The second kappa shape index (κ2) is 5.46. The lowest BCUT2D eigenvalue weighted by Crippen LogP contribution is -2.18. The summed E-state index contributed by atoms with van der Waals surface area (Å²) in [6.45, 7) is 6.72. The number of halogens is 3. The molecular formula is C12H18F3N3. The van der Waals surface area contributed by atoms with Crippen LogP contribution >= 0.6 is 0 Å². The van der Waals surface area contributed by atoms with E-state index in [-0.39, 0.29) is 11.4 Å². The highest BCUT2D eigenvalue weighted by Crippen LogP contribution is 2.31. The lowest BCUT2D eigenvalue weighted by atomic mass is 9.98. The van der Waals surface area contributed by atoms with E-state index in [2.05, 4.69) is 24.1 Å². The van der Waals surface area contributed by atoms with Gasteiger partial charge in [-0.05, 0) is 17.9 Å². The number of pyridine rings is 1. The molecule has 1 aromatic heterocycles. The van der Waals surface area contributed by atoms with Gasteiger partial charge >= 0.3 is 6.18 Å². The van der Waals surface area contributed by atoms with Gasteiger partial charge in [-0.15, -0.1) is 0 Å². The molecule has 3 N–H and O–H groups in total. The van der Waals surface area contributed by atoms with E-state index in [9.17, 15) is 13.2 Å². The number of nitrogens with one attached hydrogen (secondary N) is 1. The van der Waals surface area contributed by atoms with Crippen molar-refractivity contribution in [2.75, 3.05) is 17.6 Å². The Morgan fingerprint density at radius 1 is 1.33 bits per heavy atom. The molecule has 102 valence electrons. The Bertz CT molecular complexity index is 402. The van der Waals surface area contributed by atoms with Crippen LogP contribution in [0.1, 0.15) is 26.5 Å². The Kier molecular flexibility index (Phi) is 4.43. The number of rotatable bonds is 4. The van der Waals surface area contributed by atoms with Crippen molar-refractivity contribution in [2.45, 2.75) is 26.9 Å². The number of hydrogen-bond acceptors (Lipinski definition) is 3. The Hall–Kier alpha value is -1.46. The summed E-state index contributed by atoms with van der Waals surface area (Å²) in [5, 5.41) is 2.94. The van der Waals surface area contributed by atoms with Crippen LogP contribution in [0.3, 0.4) is 0 Å². The standard InChI is InChI=1S/C12H18F3N3/c1-7(2)8(3)5-17-10-4-11(12(13,14)15)18-6-9(10)16/h4,6-8H,5,16H2,1-3H3,(H,17,18). The summed E-state index contributed by atoms with van der Waals surface area (Å²) in [4.78, 5) is 3.28. The van der Waals surface area contributed by atoms with Crippen LogP contribution in [-0.4, -0.2) is 11.5 Å². The molecule has 1 rings (SSSR count). The van der Waals surface area contributed by atoms with Gasteiger partial charge in [-0.25, -0.2) is 4.98 Å². The van der Waals surface area contributed by atoms with E-state index >= 15 is 0 Å². The van der Waals surface area contributed by atoms with Gasteiger partial charge in [0.15, 0.2) is 0 Å². The minimum atomic E-state index is -4.45. The van der Waals surface area contributed by atoms with Gasteiger partial charge in [-0.1, -0.05) is 20.8 Å². The average Bonchev–Trinajstić information content (AvgIpc) is 2.25. The molecule has 0 aliphatic heterocycles. The van der Waals surface area contributed by atoms with E-state index in [4.69, 9.17) is 5.73 Å². The first-order chi connectivity index (χ1) is 8.21. The predicted octanol–water partition coefficient (Wildman–Crippen LogP) is 3.39. The third-order valence-corrected chi connectivity index (χ3v) is 2.98. The van der Waals surface area contributed by atoms with Gasteiger partial charge in [-0.3, -0.25) is 0 Å². The fourth-order valence-corrected chi connectivity index (χ4v) is 1.28. The van der Waals surface area contributed by atoms with Crippen molar-refractivity contribution in [1.82, 2.24) is 4.98 Å². The van der Waals surface area contributed by atoms with Crippen LogP contribution in [0.15, 0.2) is 12.3 Å². The highest BCUT2D eigenvalue weighted by molar-refractivity contribution is 5.65. The molecule has 1 atom stereocenters. The average molecular weight is 261 g/mol. The molecular weight excluding hydrogens is 243 g/mol. The second-order valence-corrected chi connectivity index (χ2v) is 4.76. The lowest BCUT2D eigenvalue weighted by Gasteiger charge is -2.18. The maximum absolute atomic E-state index is 12.5. The molecule has 1 unspecified atom stereocenters. The van der Waals surface area contributed by atoms with E-state index in [0.29, 0.717) is 18.4 Å². The molecule has 0 radical (unpaired) electrons. The van der Waals surface area contributed by atoms with Crippen LogP contribution < -0.4 is 11.1 Å². The van der Waals surface area contributed by atoms with Crippen molar-refractivity contribution in [1.29, 1.82) is 0 Å². The predicted molar refractivity (Wildman–Crippen MR) is 66.1 cm³/mol. The highest BCUT2D eigenvalue weighted by Gasteiger charge is 2.32. The topological polar surface area (TPSA) is 50.9 Å². The molecule has 3 nitrogen and oxygen atoms in total. The molecule has 0 saturated carbocycles. The number of nitrogens with two attached hydrogens (primary N) is 1. The summed E-state index contributed by atoms with van der Waals surface area (Å²) >= 11 is 0. The minimum Gasteiger partial charge on any atom is -0.396 e. The van der Waals surface area contributed by atoms with E-state index in [0.717, 1.165) is 12.3 Å². The number of anilines is 2. The lowest BCUT2D eigenvalue weighted by molar-refractivity contribution is -0.141. The third kappa shape index (κ3) is 3.78. The van der Waals surface area contributed by atoms with Crippen molar-refractivity contribution in [2.24, 2.45) is 11.8 Å². The summed E-state index contributed by atoms with van der Waals surface area (Å²) in [7, 11) is 0. The fraction of sp³-hybridized carbons (Fsp3) is 0.583. The summed E-state index contributed by atoms with van der Waals surface area (Å²) in [5.41, 5.74) is 5.17. The van der Waals surface area contributed by atoms with E-state index in [1.807, 2.05) is 6.92 Å². The molecule has 0 fully saturated rings. The monoisotopic (exact) mass is 261 g/mol. The molecule has 18 heavy (non-hydrogen) atoms. The quantitative estimate of drug-likeness (QED) is 0.873. The largest absolute Gasteiger partial charge is 0.433 e. The Balaban J connectivity index is 2.82. The van der Waals surface area contributed by atoms with Crippen LogP contribution in [-0.2, 0) is 6.18 Å². The third-order valence-electron chi connectivity index (χ3n) is 2.98. The zero-order valence-electron chi connectivity index (χ0n) is 10.7. The second-order valence-electron chi connectivity index (χ2n) is 4.76. The molecule has 6 heteroatoms. The van der Waals surface area contributed by atoms with Gasteiger partial charge in [0.25, 0.3) is 0 Å². The smallest absolute Gasteiger partial charge is 0.396 e. The Labute approximate surface area is 105 Å². The van der Waals surface area contributed by atoms with E-state index < -0.39 is 11.9 Å². The van der Waals surface area contributed by atoms with Crippen LogP contribution in [0.2, 0.25) is 0 Å². The summed E-state index contributed by atoms with van der Waals surface area (Å²) in [6, 6.07) is 0.947. The first-order valence-electron chi connectivity index (χ1n) is 5.78. The Morgan fingerprint density at radius 2 is 1.94 bits per heavy atom. The molecule has 1 aromatic rings. The number of nitrogens with zero attached hydrogens (tertiary/aromatic N) is 1. The van der Waals surface area contributed by atoms with Gasteiger partial charge in [0, 0.05) is 6.54 Å². The number of nitrogen functional groups attached to an aromatic ring is 1. The van der Waals surface area contributed by atoms with Gasteiger partial charge < -0.3 is 11.1 Å². The van der Waals surface area contributed by atoms with Crippen molar-refractivity contribution in [3.8, 4) is 0 Å². The van der Waals surface area contributed by atoms with Crippen LogP contribution in [0.4, 0.5) is 24.5 Å². The van der Waals surface area contributed by atoms with Gasteiger partial charge in [0.05, 0.1) is 17.6 Å². The normalized spacial score (nSPS) is 13.7. The highest BCUT2D eigenvalue weighted by atomic mass is 19.4. The molecule has 0 aliphatic carbocycles. The SMILES string of the molecule is CC(C)C(C)CNc1cc(C(F)(F)F)ncc1N. The summed E-state index contributed by atoms with van der Waals surface area (Å²) < 4.78 is 37.5. The summed E-state index contributed by atoms with van der Waals surface area (Å²) in [5.74, 6) is 0.787. The molecule has 0 aromatic carbocycles. The number of aromatic nitrogens is 1. The maximum atomic E-state index is 12.5. The first kappa shape index (κ1) is 14.6. The zero-order chi connectivity index (χ0) is 13.9. The zero-order valence-corrected chi connectivity index (χ0v) is 10.7. The number of alkyl halides is 3.